The molecule has 0 aliphatic heterocycles. The first-order chi connectivity index (χ1) is 8.26. The minimum absolute atomic E-state index is 0.0823. The van der Waals surface area contributed by atoms with Crippen molar-refractivity contribution in [3.05, 3.63) is 28.7 Å². The summed E-state index contributed by atoms with van der Waals surface area (Å²) in [5.41, 5.74) is 1.00. The molecule has 0 aromatic heterocycles. The summed E-state index contributed by atoms with van der Waals surface area (Å²) in [5.74, 6) is 0. The number of nitriles is 1. The normalized spacial score (nSPS) is 11.8. The average Bonchev–Trinajstić information content (AvgIpc) is 2.33. The summed E-state index contributed by atoms with van der Waals surface area (Å²) >= 11 is 3.42. The number of nitrogens with zero attached hydrogens (tertiary/aromatic N) is 1. The minimum atomic E-state index is -0.0823. The SMILES string of the molecule is CCCCCCC(C#N)Nc1cccc(Br)c1. The van der Waals surface area contributed by atoms with Crippen molar-refractivity contribution >= 4 is 21.6 Å². The molecule has 1 N–H and O–H groups in total. The minimum Gasteiger partial charge on any atom is -0.370 e. The zero-order chi connectivity index (χ0) is 12.5. The van der Waals surface area contributed by atoms with Gasteiger partial charge in [0.25, 0.3) is 0 Å². The van der Waals surface area contributed by atoms with Crippen molar-refractivity contribution in [1.82, 2.24) is 0 Å². The zero-order valence-corrected chi connectivity index (χ0v) is 11.8. The van der Waals surface area contributed by atoms with Crippen LogP contribution in [0.25, 0.3) is 0 Å². The van der Waals surface area contributed by atoms with Crippen molar-refractivity contribution in [3.8, 4) is 6.07 Å². The standard InChI is InChI=1S/C14H19BrN2/c1-2-3-4-5-8-14(11-16)17-13-9-6-7-12(15)10-13/h6-7,9-10,14,17H,2-5,8H2,1H3. The number of rotatable bonds is 7. The molecule has 0 spiro atoms. The second-order valence-corrected chi connectivity index (χ2v) is 5.10. The Morgan fingerprint density at radius 1 is 1.35 bits per heavy atom. The Labute approximate surface area is 112 Å². The molecule has 0 saturated heterocycles. The van der Waals surface area contributed by atoms with Gasteiger partial charge in [0.1, 0.15) is 6.04 Å². The van der Waals surface area contributed by atoms with Gasteiger partial charge in [0.2, 0.25) is 0 Å². The van der Waals surface area contributed by atoms with Crippen LogP contribution in [0.3, 0.4) is 0 Å². The van der Waals surface area contributed by atoms with Gasteiger partial charge in [-0.05, 0) is 24.6 Å². The summed E-state index contributed by atoms with van der Waals surface area (Å²) in [7, 11) is 0. The third-order valence-corrected chi connectivity index (χ3v) is 3.16. The Bertz CT molecular complexity index is 371. The van der Waals surface area contributed by atoms with Crippen LogP contribution >= 0.6 is 15.9 Å². The fourth-order valence-corrected chi connectivity index (χ4v) is 2.12. The molecule has 1 unspecified atom stereocenters. The van der Waals surface area contributed by atoms with Crippen LogP contribution in [-0.4, -0.2) is 6.04 Å². The fraction of sp³-hybridized carbons (Fsp3) is 0.500. The summed E-state index contributed by atoms with van der Waals surface area (Å²) in [5, 5.41) is 12.3. The summed E-state index contributed by atoms with van der Waals surface area (Å²) in [6.45, 7) is 2.20. The van der Waals surface area contributed by atoms with Gasteiger partial charge in [0.05, 0.1) is 6.07 Å². The maximum atomic E-state index is 9.09. The van der Waals surface area contributed by atoms with E-state index in [4.69, 9.17) is 5.26 Å². The van der Waals surface area contributed by atoms with E-state index < -0.39 is 0 Å². The molecule has 0 fully saturated rings. The van der Waals surface area contributed by atoms with Crippen molar-refractivity contribution in [2.24, 2.45) is 0 Å². The van der Waals surface area contributed by atoms with Gasteiger partial charge in [-0.1, -0.05) is 54.6 Å². The Balaban J connectivity index is 2.39. The topological polar surface area (TPSA) is 35.8 Å². The van der Waals surface area contributed by atoms with E-state index in [1.807, 2.05) is 24.3 Å². The molecule has 0 heterocycles. The van der Waals surface area contributed by atoms with E-state index in [1.54, 1.807) is 0 Å². The lowest BCUT2D eigenvalue weighted by Gasteiger charge is -2.12. The number of hydrogen-bond donors (Lipinski definition) is 1. The lowest BCUT2D eigenvalue weighted by atomic mass is 10.1. The van der Waals surface area contributed by atoms with Crippen molar-refractivity contribution < 1.29 is 0 Å². The maximum absolute atomic E-state index is 9.09. The second kappa shape index (κ2) is 8.14. The molecule has 2 nitrogen and oxygen atoms in total. The largest absolute Gasteiger partial charge is 0.370 e. The third-order valence-electron chi connectivity index (χ3n) is 2.67. The lowest BCUT2D eigenvalue weighted by Crippen LogP contribution is -2.16. The van der Waals surface area contributed by atoms with Gasteiger partial charge in [-0.2, -0.15) is 5.26 Å². The molecule has 3 heteroatoms. The van der Waals surface area contributed by atoms with Gasteiger partial charge >= 0.3 is 0 Å². The molecule has 1 rings (SSSR count). The first-order valence-electron chi connectivity index (χ1n) is 6.18. The Kier molecular flexibility index (Phi) is 6.73. The van der Waals surface area contributed by atoms with Gasteiger partial charge in [0.15, 0.2) is 0 Å². The van der Waals surface area contributed by atoms with E-state index in [1.165, 1.54) is 19.3 Å². The molecular formula is C14H19BrN2. The molecule has 1 atom stereocenters. The Morgan fingerprint density at radius 2 is 2.18 bits per heavy atom. The highest BCUT2D eigenvalue weighted by Crippen LogP contribution is 2.17. The van der Waals surface area contributed by atoms with Crippen LogP contribution < -0.4 is 5.32 Å². The number of anilines is 1. The van der Waals surface area contributed by atoms with E-state index in [9.17, 15) is 0 Å². The number of halogens is 1. The maximum Gasteiger partial charge on any atom is 0.114 e. The van der Waals surface area contributed by atoms with E-state index >= 15 is 0 Å². The predicted octanol–water partition coefficient (Wildman–Crippen LogP) is 4.72. The number of nitrogens with one attached hydrogen (secondary N) is 1. The van der Waals surface area contributed by atoms with E-state index in [2.05, 4.69) is 34.2 Å². The summed E-state index contributed by atoms with van der Waals surface area (Å²) in [4.78, 5) is 0. The lowest BCUT2D eigenvalue weighted by molar-refractivity contribution is 0.618. The Morgan fingerprint density at radius 3 is 2.82 bits per heavy atom. The molecule has 0 amide bonds. The van der Waals surface area contributed by atoms with Crippen LogP contribution in [0.4, 0.5) is 5.69 Å². The molecule has 0 radical (unpaired) electrons. The van der Waals surface area contributed by atoms with E-state index in [-0.39, 0.29) is 6.04 Å². The average molecular weight is 295 g/mol. The van der Waals surface area contributed by atoms with Crippen LogP contribution in [-0.2, 0) is 0 Å². The molecule has 1 aromatic carbocycles. The quantitative estimate of drug-likeness (QED) is 0.738. The van der Waals surface area contributed by atoms with Gasteiger partial charge < -0.3 is 5.32 Å². The van der Waals surface area contributed by atoms with Crippen molar-refractivity contribution in [2.45, 2.75) is 45.1 Å². The van der Waals surface area contributed by atoms with E-state index in [0.29, 0.717) is 0 Å². The van der Waals surface area contributed by atoms with Gasteiger partial charge in [-0.15, -0.1) is 0 Å². The van der Waals surface area contributed by atoms with Crippen LogP contribution in [0.1, 0.15) is 39.0 Å². The molecule has 92 valence electrons. The number of hydrogen-bond acceptors (Lipinski definition) is 2. The van der Waals surface area contributed by atoms with Gasteiger partial charge in [-0.25, -0.2) is 0 Å². The van der Waals surface area contributed by atoms with Gasteiger partial charge in [-0.3, -0.25) is 0 Å². The first-order valence-corrected chi connectivity index (χ1v) is 6.97. The molecule has 1 aromatic rings. The highest BCUT2D eigenvalue weighted by Gasteiger charge is 2.06. The number of unbranched alkanes of at least 4 members (excludes halogenated alkanes) is 3. The summed E-state index contributed by atoms with van der Waals surface area (Å²) in [6, 6.07) is 10.2. The summed E-state index contributed by atoms with van der Waals surface area (Å²) in [6.07, 6.45) is 5.75. The van der Waals surface area contributed by atoms with Crippen molar-refractivity contribution in [1.29, 1.82) is 5.26 Å². The van der Waals surface area contributed by atoms with Crippen LogP contribution in [0.15, 0.2) is 28.7 Å². The molecule has 0 aliphatic rings. The zero-order valence-electron chi connectivity index (χ0n) is 10.2. The van der Waals surface area contributed by atoms with Crippen molar-refractivity contribution in [2.75, 3.05) is 5.32 Å². The highest BCUT2D eigenvalue weighted by atomic mass is 79.9. The smallest absolute Gasteiger partial charge is 0.114 e. The first kappa shape index (κ1) is 14.1. The Hall–Kier alpha value is -1.01. The predicted molar refractivity (Wildman–Crippen MR) is 75.9 cm³/mol. The number of benzene rings is 1. The molecule has 0 bridgehead atoms. The van der Waals surface area contributed by atoms with E-state index in [0.717, 1.165) is 23.0 Å². The molecule has 0 aliphatic carbocycles. The molecule has 17 heavy (non-hydrogen) atoms. The molecular weight excluding hydrogens is 276 g/mol. The van der Waals surface area contributed by atoms with Crippen LogP contribution in [0.2, 0.25) is 0 Å². The van der Waals surface area contributed by atoms with Crippen LogP contribution in [0.5, 0.6) is 0 Å². The van der Waals surface area contributed by atoms with Crippen LogP contribution in [0, 0.1) is 11.3 Å². The highest BCUT2D eigenvalue weighted by molar-refractivity contribution is 9.10. The second-order valence-electron chi connectivity index (χ2n) is 4.19. The molecule has 0 saturated carbocycles. The fourth-order valence-electron chi connectivity index (χ4n) is 1.72. The monoisotopic (exact) mass is 294 g/mol. The van der Waals surface area contributed by atoms with Gasteiger partial charge in [0, 0.05) is 10.2 Å². The van der Waals surface area contributed by atoms with Crippen molar-refractivity contribution in [3.63, 3.8) is 0 Å². The summed E-state index contributed by atoms with van der Waals surface area (Å²) < 4.78 is 1.03. The third kappa shape index (κ3) is 5.74.